The van der Waals surface area contributed by atoms with E-state index in [1.165, 1.54) is 11.9 Å². The maximum absolute atomic E-state index is 12.6. The molecule has 32 heavy (non-hydrogen) atoms. The van der Waals surface area contributed by atoms with Crippen molar-refractivity contribution in [2.75, 3.05) is 32.1 Å². The molecule has 0 saturated carbocycles. The van der Waals surface area contributed by atoms with Gasteiger partial charge in [-0.2, -0.15) is 5.10 Å². The summed E-state index contributed by atoms with van der Waals surface area (Å²) in [4.78, 5) is 38.8. The lowest BCUT2D eigenvalue weighted by Gasteiger charge is -2.18. The van der Waals surface area contributed by atoms with Crippen molar-refractivity contribution in [3.8, 4) is 11.5 Å². The van der Waals surface area contributed by atoms with E-state index in [-0.39, 0.29) is 24.6 Å². The molecule has 2 amide bonds. The summed E-state index contributed by atoms with van der Waals surface area (Å²) in [6, 6.07) is 12.1. The van der Waals surface area contributed by atoms with Gasteiger partial charge in [0.25, 0.3) is 5.56 Å². The molecule has 2 aromatic carbocycles. The van der Waals surface area contributed by atoms with Crippen LogP contribution < -0.4 is 20.3 Å². The maximum atomic E-state index is 12.6. The quantitative estimate of drug-likeness (QED) is 0.550. The lowest BCUT2D eigenvalue weighted by Crippen LogP contribution is -2.39. The summed E-state index contributed by atoms with van der Waals surface area (Å²) >= 11 is 0. The smallest absolute Gasteiger partial charge is 0.275 e. The molecule has 9 nitrogen and oxygen atoms in total. The van der Waals surface area contributed by atoms with Gasteiger partial charge in [0.1, 0.15) is 6.54 Å². The van der Waals surface area contributed by atoms with E-state index in [1.54, 1.807) is 42.6 Å². The monoisotopic (exact) mass is 438 g/mol. The van der Waals surface area contributed by atoms with Gasteiger partial charge in [0, 0.05) is 24.2 Å². The maximum Gasteiger partial charge on any atom is 0.275 e. The molecule has 0 aliphatic rings. The number of likely N-dealkylation sites (N-methyl/N-ethyl adjacent to an activating group) is 1. The van der Waals surface area contributed by atoms with Crippen molar-refractivity contribution < 1.29 is 19.1 Å². The van der Waals surface area contributed by atoms with E-state index in [2.05, 4.69) is 10.4 Å². The summed E-state index contributed by atoms with van der Waals surface area (Å²) in [5.41, 5.74) is 0.169. The van der Waals surface area contributed by atoms with Crippen LogP contribution in [-0.4, -0.2) is 53.3 Å². The number of nitrogens with one attached hydrogen (secondary N) is 1. The van der Waals surface area contributed by atoms with Crippen molar-refractivity contribution in [3.63, 3.8) is 0 Å². The van der Waals surface area contributed by atoms with Gasteiger partial charge in [-0.3, -0.25) is 14.4 Å². The number of aromatic nitrogens is 2. The van der Waals surface area contributed by atoms with Gasteiger partial charge in [0.2, 0.25) is 11.8 Å². The lowest BCUT2D eigenvalue weighted by molar-refractivity contribution is -0.134. The highest BCUT2D eigenvalue weighted by Gasteiger charge is 2.16. The van der Waals surface area contributed by atoms with Crippen LogP contribution in [0.25, 0.3) is 10.8 Å². The minimum absolute atomic E-state index is 0.182. The van der Waals surface area contributed by atoms with Crippen molar-refractivity contribution in [2.24, 2.45) is 0 Å². The van der Waals surface area contributed by atoms with Gasteiger partial charge in [-0.15, -0.1) is 0 Å². The number of amides is 2. The molecule has 168 valence electrons. The molecule has 1 N–H and O–H groups in total. The number of hydrogen-bond donors (Lipinski definition) is 1. The Morgan fingerprint density at radius 1 is 1.06 bits per heavy atom. The van der Waals surface area contributed by atoms with Gasteiger partial charge in [0.05, 0.1) is 31.3 Å². The minimum Gasteiger partial charge on any atom is -0.490 e. The molecular formula is C23H26N4O5. The Morgan fingerprint density at radius 2 is 1.78 bits per heavy atom. The second kappa shape index (κ2) is 10.4. The number of hydrogen-bond acceptors (Lipinski definition) is 6. The fraction of sp³-hybridized carbons (Fsp3) is 0.304. The van der Waals surface area contributed by atoms with Crippen LogP contribution >= 0.6 is 0 Å². The van der Waals surface area contributed by atoms with Crippen molar-refractivity contribution in [2.45, 2.75) is 20.4 Å². The number of carbonyl (C=O) groups is 2. The zero-order valence-electron chi connectivity index (χ0n) is 18.3. The van der Waals surface area contributed by atoms with E-state index in [1.807, 2.05) is 19.9 Å². The van der Waals surface area contributed by atoms with E-state index in [0.717, 1.165) is 4.68 Å². The van der Waals surface area contributed by atoms with Gasteiger partial charge in [-0.25, -0.2) is 4.68 Å². The summed E-state index contributed by atoms with van der Waals surface area (Å²) in [6.07, 6.45) is 1.54. The van der Waals surface area contributed by atoms with Crippen molar-refractivity contribution in [1.82, 2.24) is 14.7 Å². The Kier molecular flexibility index (Phi) is 7.43. The lowest BCUT2D eigenvalue weighted by atomic mass is 10.2. The Bertz CT molecular complexity index is 1170. The third-order valence-corrected chi connectivity index (χ3v) is 4.68. The SMILES string of the molecule is CCOc1ccc(NC(=O)CN(C)C(=O)Cn2ncc3ccccc3c2=O)cc1OCC. The molecule has 3 aromatic rings. The van der Waals surface area contributed by atoms with Crippen molar-refractivity contribution >= 4 is 28.3 Å². The first-order valence-electron chi connectivity index (χ1n) is 10.3. The second-order valence-corrected chi connectivity index (χ2v) is 7.02. The molecule has 1 heterocycles. The normalized spacial score (nSPS) is 10.6. The summed E-state index contributed by atoms with van der Waals surface area (Å²) in [6.45, 7) is 4.24. The van der Waals surface area contributed by atoms with Crippen LogP contribution in [0.3, 0.4) is 0 Å². The zero-order valence-corrected chi connectivity index (χ0v) is 18.3. The molecule has 0 atom stereocenters. The van der Waals surface area contributed by atoms with Crippen LogP contribution in [-0.2, 0) is 16.1 Å². The molecule has 0 spiro atoms. The first-order valence-corrected chi connectivity index (χ1v) is 10.3. The van der Waals surface area contributed by atoms with E-state index < -0.39 is 5.91 Å². The van der Waals surface area contributed by atoms with Crippen LogP contribution in [0.4, 0.5) is 5.69 Å². The Hall–Kier alpha value is -3.88. The largest absolute Gasteiger partial charge is 0.490 e. The van der Waals surface area contributed by atoms with Crippen LogP contribution in [0.5, 0.6) is 11.5 Å². The third kappa shape index (κ3) is 5.42. The average Bonchev–Trinajstić information content (AvgIpc) is 2.77. The van der Waals surface area contributed by atoms with Crippen molar-refractivity contribution in [1.29, 1.82) is 0 Å². The number of nitrogens with zero attached hydrogens (tertiary/aromatic N) is 3. The van der Waals surface area contributed by atoms with Crippen LogP contribution in [0, 0.1) is 0 Å². The topological polar surface area (TPSA) is 103 Å². The number of fused-ring (bicyclic) bond motifs is 1. The molecular weight excluding hydrogens is 412 g/mol. The van der Waals surface area contributed by atoms with Gasteiger partial charge >= 0.3 is 0 Å². The summed E-state index contributed by atoms with van der Waals surface area (Å²) in [5, 5.41) is 7.99. The van der Waals surface area contributed by atoms with E-state index in [9.17, 15) is 14.4 Å². The predicted molar refractivity (Wildman–Crippen MR) is 121 cm³/mol. The Labute approximate surface area is 185 Å². The third-order valence-electron chi connectivity index (χ3n) is 4.68. The molecule has 0 aliphatic carbocycles. The van der Waals surface area contributed by atoms with Gasteiger partial charge in [0.15, 0.2) is 11.5 Å². The van der Waals surface area contributed by atoms with Crippen LogP contribution in [0.1, 0.15) is 13.8 Å². The number of carbonyl (C=O) groups excluding carboxylic acids is 2. The van der Waals surface area contributed by atoms with Crippen LogP contribution in [0.2, 0.25) is 0 Å². The van der Waals surface area contributed by atoms with E-state index >= 15 is 0 Å². The van der Waals surface area contributed by atoms with E-state index in [0.29, 0.717) is 41.2 Å². The number of rotatable bonds is 9. The van der Waals surface area contributed by atoms with E-state index in [4.69, 9.17) is 9.47 Å². The molecule has 9 heteroatoms. The highest BCUT2D eigenvalue weighted by Crippen LogP contribution is 2.30. The number of ether oxygens (including phenoxy) is 2. The molecule has 0 bridgehead atoms. The first kappa shape index (κ1) is 22.8. The summed E-state index contributed by atoms with van der Waals surface area (Å²) in [5.74, 6) is 0.323. The van der Waals surface area contributed by atoms with Gasteiger partial charge in [-0.05, 0) is 32.0 Å². The summed E-state index contributed by atoms with van der Waals surface area (Å²) in [7, 11) is 1.50. The molecule has 1 aromatic heterocycles. The molecule has 0 aliphatic heterocycles. The Morgan fingerprint density at radius 3 is 2.53 bits per heavy atom. The molecule has 0 fully saturated rings. The number of anilines is 1. The standard InChI is InChI=1S/C23H26N4O5/c1-4-31-19-11-10-17(12-20(19)32-5-2)25-21(28)14-26(3)22(29)15-27-23(30)18-9-7-6-8-16(18)13-24-27/h6-13H,4-5,14-15H2,1-3H3,(H,25,28). The highest BCUT2D eigenvalue weighted by molar-refractivity contribution is 5.94. The minimum atomic E-state index is -0.410. The average molecular weight is 438 g/mol. The fourth-order valence-electron chi connectivity index (χ4n) is 3.12. The fourth-order valence-corrected chi connectivity index (χ4v) is 3.12. The summed E-state index contributed by atoms with van der Waals surface area (Å²) < 4.78 is 12.2. The molecule has 3 rings (SSSR count). The Balaban J connectivity index is 1.63. The molecule has 0 radical (unpaired) electrons. The second-order valence-electron chi connectivity index (χ2n) is 7.02. The van der Waals surface area contributed by atoms with Gasteiger partial charge < -0.3 is 19.7 Å². The van der Waals surface area contributed by atoms with Crippen LogP contribution in [0.15, 0.2) is 53.5 Å². The van der Waals surface area contributed by atoms with Crippen molar-refractivity contribution in [3.05, 3.63) is 59.0 Å². The van der Waals surface area contributed by atoms with Gasteiger partial charge in [-0.1, -0.05) is 18.2 Å². The highest BCUT2D eigenvalue weighted by atomic mass is 16.5. The predicted octanol–water partition coefficient (Wildman–Crippen LogP) is 2.29. The zero-order chi connectivity index (χ0) is 23.1. The molecule has 0 unspecified atom stereocenters. The number of benzene rings is 2. The first-order chi connectivity index (χ1) is 15.4. The molecule has 0 saturated heterocycles.